The average Bonchev–Trinajstić information content (AvgIpc) is 2.37. The van der Waals surface area contributed by atoms with Gasteiger partial charge in [-0.3, -0.25) is 0 Å². The number of halogens is 1. The molecule has 0 aliphatic rings. The lowest BCUT2D eigenvalue weighted by molar-refractivity contribution is 0.415. The van der Waals surface area contributed by atoms with Crippen molar-refractivity contribution in [1.82, 2.24) is 0 Å². The predicted molar refractivity (Wildman–Crippen MR) is 76.6 cm³/mol. The smallest absolute Gasteiger partial charge is 0.119 e. The largest absolute Gasteiger partial charge is 0.497 e. The normalized spacial score (nSPS) is 10.1. The molecule has 0 saturated heterocycles. The topological polar surface area (TPSA) is 73.3 Å². The maximum Gasteiger partial charge on any atom is 0.119 e. The minimum Gasteiger partial charge on any atom is -0.497 e. The number of nitrogens with two attached hydrogens (primary N) is 2. The van der Waals surface area contributed by atoms with E-state index in [4.69, 9.17) is 27.8 Å². The summed E-state index contributed by atoms with van der Waals surface area (Å²) in [6, 6.07) is 10.8. The van der Waals surface area contributed by atoms with Gasteiger partial charge in [0, 0.05) is 5.69 Å². The van der Waals surface area contributed by atoms with E-state index in [1.807, 2.05) is 24.3 Å². The molecule has 2 aromatic carbocycles. The molecule has 0 heterocycles. The average molecular weight is 264 g/mol. The first kappa shape index (κ1) is 12.4. The molecule has 2 rings (SSSR count). The van der Waals surface area contributed by atoms with Crippen molar-refractivity contribution in [2.45, 2.75) is 0 Å². The van der Waals surface area contributed by atoms with Gasteiger partial charge in [-0.15, -0.1) is 0 Å². The third kappa shape index (κ3) is 2.60. The number of nitrogens with one attached hydrogen (secondary N) is 1. The number of anilines is 4. The zero-order valence-corrected chi connectivity index (χ0v) is 10.7. The van der Waals surface area contributed by atoms with Crippen LogP contribution < -0.4 is 21.5 Å². The predicted octanol–water partition coefficient (Wildman–Crippen LogP) is 3.26. The summed E-state index contributed by atoms with van der Waals surface area (Å²) >= 11 is 5.96. The molecule has 0 aromatic heterocycles. The van der Waals surface area contributed by atoms with Crippen molar-refractivity contribution in [3.8, 4) is 5.75 Å². The molecule has 0 saturated carbocycles. The van der Waals surface area contributed by atoms with E-state index in [1.54, 1.807) is 19.2 Å². The van der Waals surface area contributed by atoms with Crippen molar-refractivity contribution < 1.29 is 4.74 Å². The van der Waals surface area contributed by atoms with Crippen molar-refractivity contribution in [2.75, 3.05) is 23.9 Å². The minimum atomic E-state index is 0.467. The highest BCUT2D eigenvalue weighted by Crippen LogP contribution is 2.31. The van der Waals surface area contributed by atoms with E-state index in [1.165, 1.54) is 0 Å². The summed E-state index contributed by atoms with van der Waals surface area (Å²) in [6.45, 7) is 0. The lowest BCUT2D eigenvalue weighted by Gasteiger charge is -2.11. The van der Waals surface area contributed by atoms with E-state index >= 15 is 0 Å². The van der Waals surface area contributed by atoms with Crippen LogP contribution in [0.3, 0.4) is 0 Å². The van der Waals surface area contributed by atoms with Crippen molar-refractivity contribution in [1.29, 1.82) is 0 Å². The lowest BCUT2D eigenvalue weighted by atomic mass is 10.2. The number of ether oxygens (including phenoxy) is 1. The molecule has 5 heteroatoms. The van der Waals surface area contributed by atoms with E-state index in [0.29, 0.717) is 16.4 Å². The molecule has 2 aromatic rings. The Morgan fingerprint density at radius 1 is 1.06 bits per heavy atom. The monoisotopic (exact) mass is 263 g/mol. The maximum atomic E-state index is 5.96. The highest BCUT2D eigenvalue weighted by atomic mass is 35.5. The van der Waals surface area contributed by atoms with E-state index in [2.05, 4.69) is 5.32 Å². The molecule has 0 fully saturated rings. The number of hydrogen-bond acceptors (Lipinski definition) is 4. The SMILES string of the molecule is COc1ccc(Nc2cc(Cl)c(N)cc2N)cc1. The summed E-state index contributed by atoms with van der Waals surface area (Å²) in [5, 5.41) is 3.64. The van der Waals surface area contributed by atoms with Gasteiger partial charge in [-0.2, -0.15) is 0 Å². The second-order valence-electron chi connectivity index (χ2n) is 3.81. The van der Waals surface area contributed by atoms with Gasteiger partial charge in [0.05, 0.1) is 29.2 Å². The molecule has 5 N–H and O–H groups in total. The summed E-state index contributed by atoms with van der Waals surface area (Å²) < 4.78 is 5.09. The molecule has 0 aliphatic carbocycles. The minimum absolute atomic E-state index is 0.467. The molecule has 4 nitrogen and oxygen atoms in total. The zero-order valence-electron chi connectivity index (χ0n) is 9.91. The second kappa shape index (κ2) is 5.06. The second-order valence-corrected chi connectivity index (χ2v) is 4.22. The fourth-order valence-corrected chi connectivity index (χ4v) is 1.71. The number of hydrogen-bond donors (Lipinski definition) is 3. The Hall–Kier alpha value is -2.07. The quantitative estimate of drug-likeness (QED) is 0.743. The van der Waals surface area contributed by atoms with Crippen LogP contribution in [0.2, 0.25) is 5.02 Å². The van der Waals surface area contributed by atoms with Gasteiger partial charge in [0.1, 0.15) is 5.75 Å². The molecule has 0 aliphatic heterocycles. The van der Waals surface area contributed by atoms with Crippen molar-refractivity contribution >= 4 is 34.4 Å². The van der Waals surface area contributed by atoms with Crippen LogP contribution in [0.25, 0.3) is 0 Å². The Kier molecular flexibility index (Phi) is 3.48. The van der Waals surface area contributed by atoms with Gasteiger partial charge < -0.3 is 21.5 Å². The maximum absolute atomic E-state index is 5.96. The Balaban J connectivity index is 2.25. The molecule has 0 spiro atoms. The van der Waals surface area contributed by atoms with Gasteiger partial charge in [0.2, 0.25) is 0 Å². The first-order valence-electron chi connectivity index (χ1n) is 5.35. The first-order valence-corrected chi connectivity index (χ1v) is 5.73. The third-order valence-corrected chi connectivity index (χ3v) is 2.87. The van der Waals surface area contributed by atoms with Gasteiger partial charge in [0.25, 0.3) is 0 Å². The molecule has 0 unspecified atom stereocenters. The molecular weight excluding hydrogens is 250 g/mol. The van der Waals surface area contributed by atoms with Crippen molar-refractivity contribution in [2.24, 2.45) is 0 Å². The van der Waals surface area contributed by atoms with Crippen molar-refractivity contribution in [3.63, 3.8) is 0 Å². The Morgan fingerprint density at radius 2 is 1.72 bits per heavy atom. The summed E-state index contributed by atoms with van der Waals surface area (Å²) in [4.78, 5) is 0. The molecule has 0 amide bonds. The van der Waals surface area contributed by atoms with E-state index in [0.717, 1.165) is 17.1 Å². The molecule has 0 bridgehead atoms. The van der Waals surface area contributed by atoms with Crippen LogP contribution in [0.4, 0.5) is 22.7 Å². The fourth-order valence-electron chi connectivity index (χ4n) is 1.55. The standard InChI is InChI=1S/C13H14ClN3O/c1-18-9-4-2-8(3-5-9)17-13-6-10(14)11(15)7-12(13)16/h2-7,17H,15-16H2,1H3. The van der Waals surface area contributed by atoms with Gasteiger partial charge in [-0.05, 0) is 36.4 Å². The van der Waals surface area contributed by atoms with Gasteiger partial charge in [0.15, 0.2) is 0 Å². The molecular formula is C13H14ClN3O. The summed E-state index contributed by atoms with van der Waals surface area (Å²) in [7, 11) is 1.63. The highest BCUT2D eigenvalue weighted by Gasteiger charge is 2.04. The van der Waals surface area contributed by atoms with Crippen LogP contribution in [0, 0.1) is 0 Å². The number of methoxy groups -OCH3 is 1. The van der Waals surface area contributed by atoms with Crippen LogP contribution in [0.1, 0.15) is 0 Å². The van der Waals surface area contributed by atoms with E-state index in [9.17, 15) is 0 Å². The highest BCUT2D eigenvalue weighted by molar-refractivity contribution is 6.33. The summed E-state index contributed by atoms with van der Waals surface area (Å²) in [5.74, 6) is 0.795. The van der Waals surface area contributed by atoms with Gasteiger partial charge in [-0.25, -0.2) is 0 Å². The number of nitrogen functional groups attached to an aromatic ring is 2. The van der Waals surface area contributed by atoms with Crippen LogP contribution in [-0.2, 0) is 0 Å². The van der Waals surface area contributed by atoms with Crippen LogP contribution >= 0.6 is 11.6 Å². The number of rotatable bonds is 3. The lowest BCUT2D eigenvalue weighted by Crippen LogP contribution is -1.98. The van der Waals surface area contributed by atoms with Crippen LogP contribution in [0.5, 0.6) is 5.75 Å². The van der Waals surface area contributed by atoms with Gasteiger partial charge in [-0.1, -0.05) is 11.6 Å². The summed E-state index contributed by atoms with van der Waals surface area (Å²) in [6.07, 6.45) is 0. The van der Waals surface area contributed by atoms with E-state index < -0.39 is 0 Å². The summed E-state index contributed by atoms with van der Waals surface area (Å²) in [5.41, 5.74) is 14.2. The molecule has 18 heavy (non-hydrogen) atoms. The Morgan fingerprint density at radius 3 is 2.33 bits per heavy atom. The van der Waals surface area contributed by atoms with Crippen LogP contribution in [-0.4, -0.2) is 7.11 Å². The van der Waals surface area contributed by atoms with Gasteiger partial charge >= 0.3 is 0 Å². The zero-order chi connectivity index (χ0) is 13.1. The molecule has 0 radical (unpaired) electrons. The third-order valence-electron chi connectivity index (χ3n) is 2.54. The molecule has 0 atom stereocenters. The number of benzene rings is 2. The Bertz CT molecular complexity index is 555. The van der Waals surface area contributed by atoms with E-state index in [-0.39, 0.29) is 0 Å². The Labute approximate surface area is 110 Å². The van der Waals surface area contributed by atoms with Crippen molar-refractivity contribution in [3.05, 3.63) is 41.4 Å². The van der Waals surface area contributed by atoms with Crippen LogP contribution in [0.15, 0.2) is 36.4 Å². The fraction of sp³-hybridized carbons (Fsp3) is 0.0769. The first-order chi connectivity index (χ1) is 8.60. The molecule has 94 valence electrons.